The third-order valence-corrected chi connectivity index (χ3v) is 2.16. The van der Waals surface area contributed by atoms with Crippen LogP contribution in [0.15, 0.2) is 0 Å². The summed E-state index contributed by atoms with van der Waals surface area (Å²) in [5, 5.41) is 3.37. The second kappa shape index (κ2) is 4.73. The summed E-state index contributed by atoms with van der Waals surface area (Å²) < 4.78 is 5.65. The number of ether oxygens (including phenoxy) is 1. The summed E-state index contributed by atoms with van der Waals surface area (Å²) in [5.74, 6) is 0. The summed E-state index contributed by atoms with van der Waals surface area (Å²) in [5.41, 5.74) is 0. The molecule has 1 N–H and O–H groups in total. The molecule has 2 heteroatoms. The van der Waals surface area contributed by atoms with E-state index in [0.29, 0.717) is 12.1 Å². The van der Waals surface area contributed by atoms with Crippen LogP contribution < -0.4 is 5.32 Å². The van der Waals surface area contributed by atoms with Crippen molar-refractivity contribution in [2.45, 2.75) is 45.3 Å². The van der Waals surface area contributed by atoms with Crippen molar-refractivity contribution in [3.8, 4) is 0 Å². The summed E-state index contributed by atoms with van der Waals surface area (Å²) in [6.07, 6.45) is 4.10. The molecule has 1 aliphatic rings. The Bertz CT molecular complexity index is 106. The standard InChI is InChI=1S/C9H19NO/c1-3-4-5-11-9-6-8(2)10-7-9/h8-10H,3-7H2,1-2H3/t8-,9-/m1/s1. The number of rotatable bonds is 4. The lowest BCUT2D eigenvalue weighted by Crippen LogP contribution is -2.19. The molecule has 0 radical (unpaired) electrons. The average Bonchev–Trinajstić information content (AvgIpc) is 2.37. The van der Waals surface area contributed by atoms with Crippen molar-refractivity contribution in [3.05, 3.63) is 0 Å². The van der Waals surface area contributed by atoms with E-state index in [0.717, 1.165) is 13.2 Å². The first-order valence-corrected chi connectivity index (χ1v) is 4.68. The maximum atomic E-state index is 5.65. The van der Waals surface area contributed by atoms with Crippen molar-refractivity contribution in [3.63, 3.8) is 0 Å². The Balaban J connectivity index is 1.99. The molecule has 1 heterocycles. The van der Waals surface area contributed by atoms with Gasteiger partial charge < -0.3 is 10.1 Å². The molecule has 0 aromatic heterocycles. The summed E-state index contributed by atoms with van der Waals surface area (Å²) in [6.45, 7) is 6.39. The van der Waals surface area contributed by atoms with E-state index in [1.807, 2.05) is 0 Å². The number of unbranched alkanes of at least 4 members (excludes halogenated alkanes) is 1. The van der Waals surface area contributed by atoms with E-state index in [1.165, 1.54) is 19.3 Å². The van der Waals surface area contributed by atoms with Gasteiger partial charge in [-0.25, -0.2) is 0 Å². The highest BCUT2D eigenvalue weighted by Gasteiger charge is 2.20. The highest BCUT2D eigenvalue weighted by Crippen LogP contribution is 2.09. The normalized spacial score (nSPS) is 31.1. The zero-order valence-corrected chi connectivity index (χ0v) is 7.60. The van der Waals surface area contributed by atoms with Gasteiger partial charge in [-0.2, -0.15) is 0 Å². The Morgan fingerprint density at radius 1 is 1.55 bits per heavy atom. The largest absolute Gasteiger partial charge is 0.377 e. The molecule has 11 heavy (non-hydrogen) atoms. The van der Waals surface area contributed by atoms with Crippen LogP contribution in [0.4, 0.5) is 0 Å². The van der Waals surface area contributed by atoms with Crippen molar-refractivity contribution in [1.29, 1.82) is 0 Å². The second-order valence-electron chi connectivity index (χ2n) is 3.39. The lowest BCUT2D eigenvalue weighted by atomic mass is 10.2. The topological polar surface area (TPSA) is 21.3 Å². The molecule has 1 fully saturated rings. The average molecular weight is 157 g/mol. The van der Waals surface area contributed by atoms with Gasteiger partial charge in [0, 0.05) is 19.2 Å². The van der Waals surface area contributed by atoms with Gasteiger partial charge in [0.1, 0.15) is 0 Å². The smallest absolute Gasteiger partial charge is 0.0714 e. The van der Waals surface area contributed by atoms with Crippen molar-refractivity contribution >= 4 is 0 Å². The Labute approximate surface area is 69.3 Å². The van der Waals surface area contributed by atoms with Gasteiger partial charge in [0.25, 0.3) is 0 Å². The zero-order chi connectivity index (χ0) is 8.10. The highest BCUT2D eigenvalue weighted by atomic mass is 16.5. The van der Waals surface area contributed by atoms with E-state index in [-0.39, 0.29) is 0 Å². The Hall–Kier alpha value is -0.0800. The maximum Gasteiger partial charge on any atom is 0.0714 e. The molecule has 1 saturated heterocycles. The molecular weight excluding hydrogens is 138 g/mol. The van der Waals surface area contributed by atoms with E-state index in [4.69, 9.17) is 4.74 Å². The Kier molecular flexibility index (Phi) is 3.87. The van der Waals surface area contributed by atoms with E-state index < -0.39 is 0 Å². The zero-order valence-electron chi connectivity index (χ0n) is 7.60. The SMILES string of the molecule is CCCCO[C@H]1CN[C@H](C)C1. The molecule has 0 aromatic carbocycles. The Morgan fingerprint density at radius 2 is 2.36 bits per heavy atom. The molecule has 0 saturated carbocycles. The van der Waals surface area contributed by atoms with Crippen LogP contribution in [0.5, 0.6) is 0 Å². The first-order chi connectivity index (χ1) is 5.33. The monoisotopic (exact) mass is 157 g/mol. The highest BCUT2D eigenvalue weighted by molar-refractivity contribution is 4.78. The van der Waals surface area contributed by atoms with Crippen LogP contribution in [0.25, 0.3) is 0 Å². The Morgan fingerprint density at radius 3 is 2.91 bits per heavy atom. The molecular formula is C9H19NO. The molecule has 0 aliphatic carbocycles. The fraction of sp³-hybridized carbons (Fsp3) is 1.00. The number of hydrogen-bond donors (Lipinski definition) is 1. The molecule has 1 aliphatic heterocycles. The molecule has 0 aromatic rings. The molecule has 66 valence electrons. The summed E-state index contributed by atoms with van der Waals surface area (Å²) in [7, 11) is 0. The molecule has 0 spiro atoms. The molecule has 2 nitrogen and oxygen atoms in total. The van der Waals surface area contributed by atoms with E-state index >= 15 is 0 Å². The van der Waals surface area contributed by atoms with Crippen LogP contribution in [-0.4, -0.2) is 25.3 Å². The third-order valence-electron chi connectivity index (χ3n) is 2.16. The summed E-state index contributed by atoms with van der Waals surface area (Å²) in [4.78, 5) is 0. The molecule has 2 atom stereocenters. The van der Waals surface area contributed by atoms with Crippen LogP contribution in [0.2, 0.25) is 0 Å². The summed E-state index contributed by atoms with van der Waals surface area (Å²) in [6, 6.07) is 0.654. The lowest BCUT2D eigenvalue weighted by molar-refractivity contribution is 0.0637. The van der Waals surface area contributed by atoms with Crippen LogP contribution >= 0.6 is 0 Å². The second-order valence-corrected chi connectivity index (χ2v) is 3.39. The van der Waals surface area contributed by atoms with Crippen molar-refractivity contribution in [2.75, 3.05) is 13.2 Å². The van der Waals surface area contributed by atoms with Gasteiger partial charge in [0.2, 0.25) is 0 Å². The van der Waals surface area contributed by atoms with Crippen molar-refractivity contribution in [1.82, 2.24) is 5.32 Å². The maximum absolute atomic E-state index is 5.65. The minimum absolute atomic E-state index is 0.483. The van der Waals surface area contributed by atoms with Crippen molar-refractivity contribution < 1.29 is 4.74 Å². The molecule has 1 rings (SSSR count). The van der Waals surface area contributed by atoms with Gasteiger partial charge in [-0.15, -0.1) is 0 Å². The van der Waals surface area contributed by atoms with Crippen LogP contribution in [0.3, 0.4) is 0 Å². The quantitative estimate of drug-likeness (QED) is 0.625. The van der Waals surface area contributed by atoms with Gasteiger partial charge in [-0.1, -0.05) is 13.3 Å². The fourth-order valence-corrected chi connectivity index (χ4v) is 1.41. The number of nitrogens with one attached hydrogen (secondary N) is 1. The van der Waals surface area contributed by atoms with Gasteiger partial charge in [-0.3, -0.25) is 0 Å². The van der Waals surface area contributed by atoms with Crippen LogP contribution in [0.1, 0.15) is 33.1 Å². The van der Waals surface area contributed by atoms with Crippen LogP contribution in [-0.2, 0) is 4.74 Å². The van der Waals surface area contributed by atoms with Gasteiger partial charge in [-0.05, 0) is 19.8 Å². The first-order valence-electron chi connectivity index (χ1n) is 4.68. The van der Waals surface area contributed by atoms with Gasteiger partial charge in [0.15, 0.2) is 0 Å². The summed E-state index contributed by atoms with van der Waals surface area (Å²) >= 11 is 0. The predicted molar refractivity (Wildman–Crippen MR) is 46.7 cm³/mol. The lowest BCUT2D eigenvalue weighted by Gasteiger charge is -2.09. The molecule has 0 bridgehead atoms. The predicted octanol–water partition coefficient (Wildman–Crippen LogP) is 1.55. The van der Waals surface area contributed by atoms with Crippen LogP contribution in [0, 0.1) is 0 Å². The minimum atomic E-state index is 0.483. The molecule has 0 unspecified atom stereocenters. The van der Waals surface area contributed by atoms with E-state index in [1.54, 1.807) is 0 Å². The minimum Gasteiger partial charge on any atom is -0.377 e. The van der Waals surface area contributed by atoms with Gasteiger partial charge in [0.05, 0.1) is 6.10 Å². The van der Waals surface area contributed by atoms with E-state index in [9.17, 15) is 0 Å². The van der Waals surface area contributed by atoms with Gasteiger partial charge >= 0.3 is 0 Å². The number of hydrogen-bond acceptors (Lipinski definition) is 2. The van der Waals surface area contributed by atoms with E-state index in [2.05, 4.69) is 19.2 Å². The third kappa shape index (κ3) is 3.21. The van der Waals surface area contributed by atoms with Crippen molar-refractivity contribution in [2.24, 2.45) is 0 Å². The fourth-order valence-electron chi connectivity index (χ4n) is 1.41. The first kappa shape index (κ1) is 9.01. The molecule has 0 amide bonds.